The summed E-state index contributed by atoms with van der Waals surface area (Å²) >= 11 is 1.67. The molecule has 3 nitrogen and oxygen atoms in total. The van der Waals surface area contributed by atoms with E-state index in [1.807, 2.05) is 11.4 Å². The maximum atomic E-state index is 12.5. The van der Waals surface area contributed by atoms with E-state index in [0.717, 1.165) is 23.3 Å². The summed E-state index contributed by atoms with van der Waals surface area (Å²) in [5.41, 5.74) is 2.42. The Morgan fingerprint density at radius 3 is 2.52 bits per heavy atom. The maximum absolute atomic E-state index is 12.5. The van der Waals surface area contributed by atoms with E-state index in [0.29, 0.717) is 12.5 Å². The van der Waals surface area contributed by atoms with Crippen LogP contribution in [0.4, 0.5) is 0 Å². The van der Waals surface area contributed by atoms with Crippen LogP contribution in [0.1, 0.15) is 54.7 Å². The Morgan fingerprint density at radius 2 is 1.96 bits per heavy atom. The normalized spacial score (nSPS) is 19.0. The van der Waals surface area contributed by atoms with Crippen molar-refractivity contribution in [3.8, 4) is 0 Å². The first-order valence-corrected chi connectivity index (χ1v) is 9.08. The standard InChI is InChI=1S/C19H23NO2S/c1-13(2)14-7-9-15(10-8-14)18(17-6-4-12-23-17)20-19(21)16-5-3-11-22-16/h4,6-10,12-13,16,18H,3,5,11H2,1-2H3,(H,20,21). The molecule has 2 unspecified atom stereocenters. The van der Waals surface area contributed by atoms with Crippen molar-refractivity contribution in [1.29, 1.82) is 0 Å². The Hall–Kier alpha value is -1.65. The minimum atomic E-state index is -0.299. The van der Waals surface area contributed by atoms with Gasteiger partial charge in [-0.3, -0.25) is 4.79 Å². The molecular formula is C19H23NO2S. The zero-order chi connectivity index (χ0) is 16.2. The smallest absolute Gasteiger partial charge is 0.249 e. The van der Waals surface area contributed by atoms with Crippen LogP contribution in [0.15, 0.2) is 41.8 Å². The molecule has 1 aromatic heterocycles. The number of hydrogen-bond donors (Lipinski definition) is 1. The van der Waals surface area contributed by atoms with Gasteiger partial charge in [-0.1, -0.05) is 44.2 Å². The number of thiophene rings is 1. The molecule has 4 heteroatoms. The number of rotatable bonds is 5. The van der Waals surface area contributed by atoms with E-state index in [9.17, 15) is 4.79 Å². The van der Waals surface area contributed by atoms with Crippen LogP contribution in [0.25, 0.3) is 0 Å². The topological polar surface area (TPSA) is 38.3 Å². The van der Waals surface area contributed by atoms with Crippen LogP contribution in [0.5, 0.6) is 0 Å². The molecule has 1 saturated heterocycles. The van der Waals surface area contributed by atoms with Crippen molar-refractivity contribution in [3.05, 3.63) is 57.8 Å². The quantitative estimate of drug-likeness (QED) is 0.890. The average Bonchev–Trinajstić information content (AvgIpc) is 3.25. The number of ether oxygens (including phenoxy) is 1. The first kappa shape index (κ1) is 16.2. The molecule has 23 heavy (non-hydrogen) atoms. The van der Waals surface area contributed by atoms with E-state index in [2.05, 4.69) is 49.5 Å². The highest BCUT2D eigenvalue weighted by Gasteiger charge is 2.27. The van der Waals surface area contributed by atoms with E-state index in [4.69, 9.17) is 4.74 Å². The fourth-order valence-corrected chi connectivity index (χ4v) is 3.67. The van der Waals surface area contributed by atoms with E-state index in [-0.39, 0.29) is 18.1 Å². The fraction of sp³-hybridized carbons (Fsp3) is 0.421. The van der Waals surface area contributed by atoms with Gasteiger partial charge in [-0.05, 0) is 41.3 Å². The molecule has 0 bridgehead atoms. The van der Waals surface area contributed by atoms with Gasteiger partial charge < -0.3 is 10.1 Å². The molecule has 1 amide bonds. The Morgan fingerprint density at radius 1 is 1.22 bits per heavy atom. The molecule has 1 aromatic carbocycles. The van der Waals surface area contributed by atoms with Crippen LogP contribution in [-0.2, 0) is 9.53 Å². The van der Waals surface area contributed by atoms with Gasteiger partial charge in [-0.2, -0.15) is 0 Å². The van der Waals surface area contributed by atoms with Crippen LogP contribution in [0.3, 0.4) is 0 Å². The van der Waals surface area contributed by atoms with E-state index >= 15 is 0 Å². The first-order valence-electron chi connectivity index (χ1n) is 8.20. The summed E-state index contributed by atoms with van der Waals surface area (Å²) < 4.78 is 5.51. The van der Waals surface area contributed by atoms with Crippen LogP contribution in [0.2, 0.25) is 0 Å². The molecule has 1 N–H and O–H groups in total. The molecule has 3 rings (SSSR count). The highest BCUT2D eigenvalue weighted by Crippen LogP contribution is 2.28. The molecule has 122 valence electrons. The van der Waals surface area contributed by atoms with Gasteiger partial charge in [-0.15, -0.1) is 11.3 Å². The highest BCUT2D eigenvalue weighted by molar-refractivity contribution is 7.10. The molecular weight excluding hydrogens is 306 g/mol. The number of carbonyl (C=O) groups excluding carboxylic acids is 1. The van der Waals surface area contributed by atoms with Gasteiger partial charge in [-0.25, -0.2) is 0 Å². The minimum absolute atomic E-state index is 0.00571. The van der Waals surface area contributed by atoms with Crippen molar-refractivity contribution in [2.45, 2.75) is 44.8 Å². The van der Waals surface area contributed by atoms with Gasteiger partial charge in [0, 0.05) is 11.5 Å². The molecule has 1 fully saturated rings. The van der Waals surface area contributed by atoms with Crippen molar-refractivity contribution in [2.75, 3.05) is 6.61 Å². The van der Waals surface area contributed by atoms with Crippen LogP contribution in [-0.4, -0.2) is 18.6 Å². The molecule has 2 heterocycles. The molecule has 2 atom stereocenters. The van der Waals surface area contributed by atoms with Gasteiger partial charge in [0.1, 0.15) is 6.10 Å². The highest BCUT2D eigenvalue weighted by atomic mass is 32.1. The van der Waals surface area contributed by atoms with Gasteiger partial charge in [0.2, 0.25) is 5.91 Å². The lowest BCUT2D eigenvalue weighted by molar-refractivity contribution is -0.130. The SMILES string of the molecule is CC(C)c1ccc(C(NC(=O)C2CCCO2)c2cccs2)cc1. The largest absolute Gasteiger partial charge is 0.368 e. The number of benzene rings is 1. The summed E-state index contributed by atoms with van der Waals surface area (Å²) in [6.07, 6.45) is 1.48. The molecule has 2 aromatic rings. The lowest BCUT2D eigenvalue weighted by Crippen LogP contribution is -2.37. The second-order valence-corrected chi connectivity index (χ2v) is 7.26. The third kappa shape index (κ3) is 3.82. The molecule has 1 aliphatic heterocycles. The molecule has 1 aliphatic rings. The summed E-state index contributed by atoms with van der Waals surface area (Å²) in [7, 11) is 0. The van der Waals surface area contributed by atoms with Crippen LogP contribution >= 0.6 is 11.3 Å². The van der Waals surface area contributed by atoms with Crippen molar-refractivity contribution >= 4 is 17.2 Å². The number of nitrogens with one attached hydrogen (secondary N) is 1. The Bertz CT molecular complexity index is 628. The fourth-order valence-electron chi connectivity index (χ4n) is 2.87. The zero-order valence-electron chi connectivity index (χ0n) is 13.6. The second-order valence-electron chi connectivity index (χ2n) is 6.28. The Labute approximate surface area is 141 Å². The predicted molar refractivity (Wildman–Crippen MR) is 93.8 cm³/mol. The minimum Gasteiger partial charge on any atom is -0.368 e. The zero-order valence-corrected chi connectivity index (χ0v) is 14.4. The third-order valence-electron chi connectivity index (χ3n) is 4.27. The lowest BCUT2D eigenvalue weighted by atomic mass is 9.98. The van der Waals surface area contributed by atoms with Crippen molar-refractivity contribution in [2.24, 2.45) is 0 Å². The van der Waals surface area contributed by atoms with Gasteiger partial charge in [0.05, 0.1) is 6.04 Å². The average molecular weight is 329 g/mol. The predicted octanol–water partition coefficient (Wildman–Crippen LogP) is 4.26. The Balaban J connectivity index is 1.82. The van der Waals surface area contributed by atoms with Crippen LogP contribution in [0, 0.1) is 0 Å². The summed E-state index contributed by atoms with van der Waals surface area (Å²) in [6.45, 7) is 5.06. The van der Waals surface area contributed by atoms with Crippen molar-refractivity contribution in [3.63, 3.8) is 0 Å². The Kier molecular flexibility index (Phi) is 5.13. The van der Waals surface area contributed by atoms with Gasteiger partial charge in [0.15, 0.2) is 0 Å². The van der Waals surface area contributed by atoms with Gasteiger partial charge in [0.25, 0.3) is 0 Å². The summed E-state index contributed by atoms with van der Waals surface area (Å²) in [5.74, 6) is 0.500. The summed E-state index contributed by atoms with van der Waals surface area (Å²) in [6, 6.07) is 12.5. The first-order chi connectivity index (χ1) is 11.1. The van der Waals surface area contributed by atoms with Gasteiger partial charge >= 0.3 is 0 Å². The maximum Gasteiger partial charge on any atom is 0.249 e. The van der Waals surface area contributed by atoms with E-state index in [1.54, 1.807) is 11.3 Å². The molecule has 0 radical (unpaired) electrons. The molecule has 0 spiro atoms. The molecule has 0 saturated carbocycles. The molecule has 0 aliphatic carbocycles. The van der Waals surface area contributed by atoms with E-state index < -0.39 is 0 Å². The summed E-state index contributed by atoms with van der Waals surface area (Å²) in [5, 5.41) is 5.22. The van der Waals surface area contributed by atoms with Crippen molar-refractivity contribution < 1.29 is 9.53 Å². The summed E-state index contributed by atoms with van der Waals surface area (Å²) in [4.78, 5) is 13.6. The number of amides is 1. The monoisotopic (exact) mass is 329 g/mol. The van der Waals surface area contributed by atoms with E-state index in [1.165, 1.54) is 5.56 Å². The third-order valence-corrected chi connectivity index (χ3v) is 5.21. The lowest BCUT2D eigenvalue weighted by Gasteiger charge is -2.21. The second kappa shape index (κ2) is 7.28. The van der Waals surface area contributed by atoms with Crippen LogP contribution < -0.4 is 5.32 Å². The van der Waals surface area contributed by atoms with Crippen molar-refractivity contribution in [1.82, 2.24) is 5.32 Å². The number of hydrogen-bond acceptors (Lipinski definition) is 3. The number of carbonyl (C=O) groups is 1.